The van der Waals surface area contributed by atoms with Gasteiger partial charge in [-0.3, -0.25) is 0 Å². The normalized spacial score (nSPS) is 31.2. The number of anilines is 1. The summed E-state index contributed by atoms with van der Waals surface area (Å²) in [5.41, 5.74) is 6.01. The minimum absolute atomic E-state index is 0.0329. The molecular weight excluding hydrogens is 226 g/mol. The first-order chi connectivity index (χ1) is 7.63. The summed E-state index contributed by atoms with van der Waals surface area (Å²) in [5.74, 6) is 2.10. The van der Waals surface area contributed by atoms with Crippen molar-refractivity contribution >= 4 is 17.3 Å². The van der Waals surface area contributed by atoms with Crippen LogP contribution in [-0.4, -0.2) is 11.2 Å². The van der Waals surface area contributed by atoms with E-state index in [1.807, 2.05) is 0 Å². The Balaban J connectivity index is 1.78. The molecule has 2 fully saturated rings. The van der Waals surface area contributed by atoms with Crippen molar-refractivity contribution in [2.75, 3.05) is 5.73 Å². The Bertz CT molecular complexity index is 402. The van der Waals surface area contributed by atoms with Crippen LogP contribution < -0.4 is 10.5 Å². The van der Waals surface area contributed by atoms with E-state index in [0.717, 1.165) is 24.7 Å². The van der Waals surface area contributed by atoms with Crippen LogP contribution in [0.4, 0.5) is 5.69 Å². The van der Waals surface area contributed by atoms with Crippen LogP contribution in [0, 0.1) is 11.8 Å². The zero-order valence-corrected chi connectivity index (χ0v) is 9.57. The van der Waals surface area contributed by atoms with Crippen LogP contribution in [0.15, 0.2) is 12.1 Å². The molecule has 3 nitrogen and oxygen atoms in total. The highest BCUT2D eigenvalue weighted by molar-refractivity contribution is 6.32. The number of nitrogens with two attached hydrogens (primary N) is 1. The van der Waals surface area contributed by atoms with Gasteiger partial charge in [0.15, 0.2) is 11.5 Å². The average molecular weight is 240 g/mol. The molecule has 0 radical (unpaired) electrons. The molecule has 86 valence electrons. The molecule has 2 saturated carbocycles. The second-order valence-corrected chi connectivity index (χ2v) is 5.23. The Kier molecular flexibility index (Phi) is 2.18. The molecule has 2 atom stereocenters. The van der Waals surface area contributed by atoms with Crippen LogP contribution >= 0.6 is 11.6 Å². The van der Waals surface area contributed by atoms with Gasteiger partial charge in [0.2, 0.25) is 0 Å². The second-order valence-electron chi connectivity index (χ2n) is 4.82. The monoisotopic (exact) mass is 239 g/mol. The van der Waals surface area contributed by atoms with Gasteiger partial charge in [-0.15, -0.1) is 0 Å². The first-order valence-corrected chi connectivity index (χ1v) is 5.96. The number of nitrogen functional groups attached to an aromatic ring is 1. The summed E-state index contributed by atoms with van der Waals surface area (Å²) in [6, 6.07) is 3.07. The van der Waals surface area contributed by atoms with Crippen molar-refractivity contribution in [1.29, 1.82) is 0 Å². The SMILES string of the molecule is Nc1cc(O)c(OC2CC3CC3C2)c(Cl)c1. The number of phenols is 1. The molecule has 0 bridgehead atoms. The van der Waals surface area contributed by atoms with Gasteiger partial charge in [0.05, 0.1) is 11.1 Å². The summed E-state index contributed by atoms with van der Waals surface area (Å²) in [6.45, 7) is 0. The molecule has 1 aromatic carbocycles. The van der Waals surface area contributed by atoms with Crippen LogP contribution in [0.25, 0.3) is 0 Å². The van der Waals surface area contributed by atoms with Gasteiger partial charge in [-0.25, -0.2) is 0 Å². The van der Waals surface area contributed by atoms with E-state index < -0.39 is 0 Å². The van der Waals surface area contributed by atoms with Crippen molar-refractivity contribution in [2.24, 2.45) is 11.8 Å². The summed E-state index contributed by atoms with van der Waals surface area (Å²) < 4.78 is 5.76. The third-order valence-corrected chi connectivity index (χ3v) is 3.81. The summed E-state index contributed by atoms with van der Waals surface area (Å²) in [6.07, 6.45) is 3.73. The van der Waals surface area contributed by atoms with Gasteiger partial charge in [-0.05, 0) is 37.2 Å². The lowest BCUT2D eigenvalue weighted by Crippen LogP contribution is -2.14. The van der Waals surface area contributed by atoms with E-state index in [0.29, 0.717) is 16.5 Å². The Labute approximate surface area is 99.2 Å². The molecule has 3 N–H and O–H groups in total. The zero-order valence-electron chi connectivity index (χ0n) is 8.82. The highest BCUT2D eigenvalue weighted by Crippen LogP contribution is 2.53. The maximum absolute atomic E-state index is 9.72. The quantitative estimate of drug-likeness (QED) is 0.781. The number of ether oxygens (including phenoxy) is 1. The first-order valence-electron chi connectivity index (χ1n) is 5.58. The van der Waals surface area contributed by atoms with Crippen LogP contribution in [0.1, 0.15) is 19.3 Å². The summed E-state index contributed by atoms with van der Waals surface area (Å²) in [5, 5.41) is 10.1. The van der Waals surface area contributed by atoms with Crippen molar-refractivity contribution in [3.8, 4) is 11.5 Å². The molecular formula is C12H14ClNO2. The lowest BCUT2D eigenvalue weighted by atomic mass is 10.2. The number of hydrogen-bond donors (Lipinski definition) is 2. The van der Waals surface area contributed by atoms with Crippen molar-refractivity contribution < 1.29 is 9.84 Å². The van der Waals surface area contributed by atoms with Crippen molar-refractivity contribution in [3.05, 3.63) is 17.2 Å². The number of halogens is 1. The molecule has 0 amide bonds. The second kappa shape index (κ2) is 3.45. The van der Waals surface area contributed by atoms with Gasteiger partial charge in [-0.1, -0.05) is 11.6 Å². The first kappa shape index (κ1) is 10.1. The topological polar surface area (TPSA) is 55.5 Å². The predicted molar refractivity (Wildman–Crippen MR) is 62.8 cm³/mol. The standard InChI is InChI=1S/C12H14ClNO2/c13-10-4-8(14)5-11(15)12(10)16-9-2-6-1-7(6)3-9/h4-7,9,15H,1-3,14H2. The highest BCUT2D eigenvalue weighted by atomic mass is 35.5. The number of hydrogen-bond acceptors (Lipinski definition) is 3. The van der Waals surface area contributed by atoms with Gasteiger partial charge in [-0.2, -0.15) is 0 Å². The average Bonchev–Trinajstić information content (AvgIpc) is 2.80. The van der Waals surface area contributed by atoms with Gasteiger partial charge in [0, 0.05) is 11.8 Å². The van der Waals surface area contributed by atoms with E-state index in [2.05, 4.69) is 0 Å². The predicted octanol–water partition coefficient (Wildman–Crippen LogP) is 2.81. The molecule has 2 aliphatic carbocycles. The lowest BCUT2D eigenvalue weighted by molar-refractivity contribution is 0.187. The summed E-state index contributed by atoms with van der Waals surface area (Å²) in [4.78, 5) is 0. The molecule has 0 aliphatic heterocycles. The number of benzene rings is 1. The molecule has 4 heteroatoms. The molecule has 0 heterocycles. The van der Waals surface area contributed by atoms with Crippen molar-refractivity contribution in [2.45, 2.75) is 25.4 Å². The van der Waals surface area contributed by atoms with Gasteiger partial charge in [0.25, 0.3) is 0 Å². The van der Waals surface area contributed by atoms with E-state index in [9.17, 15) is 5.11 Å². The number of fused-ring (bicyclic) bond motifs is 1. The third-order valence-electron chi connectivity index (χ3n) is 3.53. The van der Waals surface area contributed by atoms with Crippen molar-refractivity contribution in [3.63, 3.8) is 0 Å². The number of phenolic OH excluding ortho intramolecular Hbond substituents is 1. The fourth-order valence-electron chi connectivity index (χ4n) is 2.64. The van der Waals surface area contributed by atoms with Crippen LogP contribution in [0.5, 0.6) is 11.5 Å². The maximum atomic E-state index is 9.72. The largest absolute Gasteiger partial charge is 0.504 e. The Morgan fingerprint density at radius 1 is 1.25 bits per heavy atom. The van der Waals surface area contributed by atoms with Gasteiger partial charge >= 0.3 is 0 Å². The van der Waals surface area contributed by atoms with E-state index >= 15 is 0 Å². The van der Waals surface area contributed by atoms with Gasteiger partial charge in [0.1, 0.15) is 0 Å². The lowest BCUT2D eigenvalue weighted by Gasteiger charge is -2.17. The molecule has 0 spiro atoms. The minimum Gasteiger partial charge on any atom is -0.504 e. The van der Waals surface area contributed by atoms with Gasteiger partial charge < -0.3 is 15.6 Å². The maximum Gasteiger partial charge on any atom is 0.180 e. The Hall–Kier alpha value is -1.09. The molecule has 3 rings (SSSR count). The Morgan fingerprint density at radius 3 is 2.56 bits per heavy atom. The highest BCUT2D eigenvalue weighted by Gasteiger charge is 2.47. The molecule has 2 aliphatic rings. The smallest absolute Gasteiger partial charge is 0.180 e. The van der Waals surface area contributed by atoms with E-state index in [1.54, 1.807) is 6.07 Å². The van der Waals surface area contributed by atoms with E-state index in [4.69, 9.17) is 22.1 Å². The number of aromatic hydroxyl groups is 1. The fourth-order valence-corrected chi connectivity index (χ4v) is 2.91. The minimum atomic E-state index is 0.0329. The van der Waals surface area contributed by atoms with Crippen LogP contribution in [0.3, 0.4) is 0 Å². The number of rotatable bonds is 2. The van der Waals surface area contributed by atoms with E-state index in [1.165, 1.54) is 12.5 Å². The van der Waals surface area contributed by atoms with Crippen molar-refractivity contribution in [1.82, 2.24) is 0 Å². The molecule has 1 aromatic rings. The fraction of sp³-hybridized carbons (Fsp3) is 0.500. The molecule has 16 heavy (non-hydrogen) atoms. The zero-order chi connectivity index (χ0) is 11.3. The summed E-state index contributed by atoms with van der Waals surface area (Å²) >= 11 is 6.00. The molecule has 0 aromatic heterocycles. The summed E-state index contributed by atoms with van der Waals surface area (Å²) in [7, 11) is 0. The van der Waals surface area contributed by atoms with Crippen LogP contribution in [0.2, 0.25) is 5.02 Å². The molecule has 2 unspecified atom stereocenters. The van der Waals surface area contributed by atoms with Crippen LogP contribution in [-0.2, 0) is 0 Å². The van der Waals surface area contributed by atoms with E-state index in [-0.39, 0.29) is 11.9 Å². The molecule has 0 saturated heterocycles. The third kappa shape index (κ3) is 1.69. The Morgan fingerprint density at radius 2 is 1.94 bits per heavy atom.